The predicted octanol–water partition coefficient (Wildman–Crippen LogP) is -3.92. The van der Waals surface area contributed by atoms with E-state index < -0.39 is 5.97 Å². The second-order valence-corrected chi connectivity index (χ2v) is 1.08. The molecule has 0 unspecified atom stereocenters. The van der Waals surface area contributed by atoms with Gasteiger partial charge in [0.25, 0.3) is 0 Å². The van der Waals surface area contributed by atoms with Crippen molar-refractivity contribution in [2.75, 3.05) is 13.2 Å². The van der Waals surface area contributed by atoms with Crippen LogP contribution < -0.4 is 34.7 Å². The van der Waals surface area contributed by atoms with Crippen LogP contribution in [0.3, 0.4) is 0 Å². The third kappa shape index (κ3) is 8.17. The average molecular weight is 138 g/mol. The van der Waals surface area contributed by atoms with Gasteiger partial charge in [-0.25, -0.2) is 4.79 Å². The van der Waals surface area contributed by atoms with Gasteiger partial charge in [0.05, 0.1) is 6.61 Å². The largest absolute Gasteiger partial charge is 1.00 e. The molecule has 0 aromatic carbocycles. The summed E-state index contributed by atoms with van der Waals surface area (Å²) in [7, 11) is 0. The maximum atomic E-state index is 10.1. The molecule has 0 radical (unpaired) electrons. The summed E-state index contributed by atoms with van der Waals surface area (Å²) in [5.74, 6) is -0.541. The van der Waals surface area contributed by atoms with E-state index in [4.69, 9.17) is 0 Å². The first kappa shape index (κ1) is 11.9. The van der Waals surface area contributed by atoms with Crippen LogP contribution in [0.25, 0.3) is 0 Å². The van der Waals surface area contributed by atoms with Gasteiger partial charge in [0, 0.05) is 6.08 Å². The Morgan fingerprint density at radius 3 is 2.67 bits per heavy atom. The third-order valence-corrected chi connectivity index (χ3v) is 0.494. The van der Waals surface area contributed by atoms with Crippen LogP contribution in [-0.2, 0) is 9.53 Å². The fraction of sp³-hybridized carbons (Fsp3) is 0.400. The quantitative estimate of drug-likeness (QED) is 0.227. The van der Waals surface area contributed by atoms with Crippen LogP contribution >= 0.6 is 0 Å². The first-order valence-corrected chi connectivity index (χ1v) is 2.18. The smallest absolute Gasteiger partial charge is 0.852 e. The van der Waals surface area contributed by atoms with Gasteiger partial charge in [0.2, 0.25) is 0 Å². The molecule has 0 atom stereocenters. The van der Waals surface area contributed by atoms with E-state index in [0.29, 0.717) is 0 Å². The molecule has 0 rings (SSSR count). The molecule has 0 heterocycles. The van der Waals surface area contributed by atoms with Crippen LogP contribution in [0.4, 0.5) is 0 Å². The van der Waals surface area contributed by atoms with Crippen molar-refractivity contribution < 1.29 is 44.2 Å². The minimum absolute atomic E-state index is 0. The van der Waals surface area contributed by atoms with Gasteiger partial charge in [-0.1, -0.05) is 6.58 Å². The minimum atomic E-state index is -0.541. The summed E-state index contributed by atoms with van der Waals surface area (Å²) in [5, 5.41) is 9.64. The molecule has 0 spiro atoms. The van der Waals surface area contributed by atoms with Crippen molar-refractivity contribution in [1.82, 2.24) is 0 Å². The molecule has 4 heteroatoms. The van der Waals surface area contributed by atoms with Crippen LogP contribution in [0.2, 0.25) is 0 Å². The fourth-order valence-corrected chi connectivity index (χ4v) is 0.201. The molecular formula is C5H7NaO3. The number of hydrogen-bond donors (Lipinski definition) is 0. The molecule has 0 amide bonds. The van der Waals surface area contributed by atoms with Gasteiger partial charge < -0.3 is 9.84 Å². The molecule has 0 aromatic heterocycles. The van der Waals surface area contributed by atoms with Gasteiger partial charge in [0.1, 0.15) is 0 Å². The molecule has 0 saturated heterocycles. The molecule has 0 bridgehead atoms. The number of hydrogen-bond acceptors (Lipinski definition) is 3. The molecule has 0 aromatic rings. The van der Waals surface area contributed by atoms with Crippen LogP contribution in [-0.4, -0.2) is 19.2 Å². The SMILES string of the molecule is C=CC(=O)OCC[O-].[Na+]. The number of carbonyl (C=O) groups is 1. The maximum Gasteiger partial charge on any atom is 1.00 e. The van der Waals surface area contributed by atoms with E-state index in [0.717, 1.165) is 6.08 Å². The summed E-state index contributed by atoms with van der Waals surface area (Å²) in [4.78, 5) is 10.1. The second kappa shape index (κ2) is 8.17. The van der Waals surface area contributed by atoms with Crippen LogP contribution in [0, 0.1) is 0 Å². The maximum absolute atomic E-state index is 10.1. The summed E-state index contributed by atoms with van der Waals surface area (Å²) >= 11 is 0. The normalized spacial score (nSPS) is 7.22. The zero-order valence-corrected chi connectivity index (χ0v) is 7.42. The van der Waals surface area contributed by atoms with E-state index >= 15 is 0 Å². The van der Waals surface area contributed by atoms with Crippen LogP contribution in [0.1, 0.15) is 0 Å². The molecule has 9 heavy (non-hydrogen) atoms. The van der Waals surface area contributed by atoms with Gasteiger partial charge in [-0.2, -0.15) is 0 Å². The molecule has 0 saturated carbocycles. The number of esters is 1. The second-order valence-electron chi connectivity index (χ2n) is 1.08. The number of carbonyl (C=O) groups excluding carboxylic acids is 1. The van der Waals surface area contributed by atoms with Gasteiger partial charge in [-0.15, -0.1) is 6.61 Å². The van der Waals surface area contributed by atoms with Crippen molar-refractivity contribution in [3.8, 4) is 0 Å². The summed E-state index contributed by atoms with van der Waals surface area (Å²) in [6, 6.07) is 0. The number of ether oxygens (including phenoxy) is 1. The number of rotatable bonds is 3. The van der Waals surface area contributed by atoms with Crippen molar-refractivity contribution in [2.24, 2.45) is 0 Å². The van der Waals surface area contributed by atoms with E-state index in [1.165, 1.54) is 0 Å². The van der Waals surface area contributed by atoms with Crippen LogP contribution in [0.15, 0.2) is 12.7 Å². The Bertz CT molecular complexity index is 92.2. The van der Waals surface area contributed by atoms with E-state index in [2.05, 4.69) is 11.3 Å². The Labute approximate surface area is 76.0 Å². The van der Waals surface area contributed by atoms with E-state index in [9.17, 15) is 9.90 Å². The van der Waals surface area contributed by atoms with Crippen molar-refractivity contribution >= 4 is 5.97 Å². The minimum Gasteiger partial charge on any atom is -0.852 e. The topological polar surface area (TPSA) is 49.4 Å². The molecule has 0 aliphatic carbocycles. The Morgan fingerprint density at radius 1 is 1.78 bits per heavy atom. The zero-order chi connectivity index (χ0) is 6.41. The Morgan fingerprint density at radius 2 is 2.33 bits per heavy atom. The third-order valence-electron chi connectivity index (χ3n) is 0.494. The standard InChI is InChI=1S/C5H7O3.Na/c1-2-5(7)8-4-3-6;/h2H,1,3-4H2;/q-1;+1. The molecule has 0 N–H and O–H groups in total. The van der Waals surface area contributed by atoms with E-state index in [-0.39, 0.29) is 42.8 Å². The molecule has 0 aliphatic heterocycles. The summed E-state index contributed by atoms with van der Waals surface area (Å²) < 4.78 is 4.27. The summed E-state index contributed by atoms with van der Waals surface area (Å²) in [6.07, 6.45) is 1.02. The van der Waals surface area contributed by atoms with Gasteiger partial charge in [-0.3, -0.25) is 0 Å². The van der Waals surface area contributed by atoms with Crippen molar-refractivity contribution in [3.05, 3.63) is 12.7 Å². The Balaban J connectivity index is 0. The predicted molar refractivity (Wildman–Crippen MR) is 26.0 cm³/mol. The Kier molecular flexibility index (Phi) is 10.8. The zero-order valence-electron chi connectivity index (χ0n) is 5.42. The average Bonchev–Trinajstić information content (AvgIpc) is 1.83. The van der Waals surface area contributed by atoms with Crippen molar-refractivity contribution in [3.63, 3.8) is 0 Å². The van der Waals surface area contributed by atoms with E-state index in [1.54, 1.807) is 0 Å². The van der Waals surface area contributed by atoms with Gasteiger partial charge in [-0.05, 0) is 0 Å². The molecule has 0 aliphatic rings. The first-order valence-electron chi connectivity index (χ1n) is 2.18. The van der Waals surface area contributed by atoms with Crippen molar-refractivity contribution in [2.45, 2.75) is 0 Å². The molecular weight excluding hydrogens is 131 g/mol. The summed E-state index contributed by atoms with van der Waals surface area (Å²) in [6.45, 7) is 2.68. The van der Waals surface area contributed by atoms with Crippen LogP contribution in [0.5, 0.6) is 0 Å². The molecule has 46 valence electrons. The monoisotopic (exact) mass is 138 g/mol. The van der Waals surface area contributed by atoms with Crippen molar-refractivity contribution in [1.29, 1.82) is 0 Å². The molecule has 0 fully saturated rings. The van der Waals surface area contributed by atoms with E-state index in [1.807, 2.05) is 0 Å². The van der Waals surface area contributed by atoms with Gasteiger partial charge >= 0.3 is 35.5 Å². The summed E-state index contributed by atoms with van der Waals surface area (Å²) in [5.41, 5.74) is 0. The van der Waals surface area contributed by atoms with Gasteiger partial charge in [0.15, 0.2) is 0 Å². The fourth-order valence-electron chi connectivity index (χ4n) is 0.201. The molecule has 3 nitrogen and oxygen atoms in total. The Hall–Kier alpha value is 0.170. The first-order chi connectivity index (χ1) is 3.81.